The molecule has 1 unspecified atom stereocenters. The lowest BCUT2D eigenvalue weighted by Gasteiger charge is -2.20. The Morgan fingerprint density at radius 3 is 3.06 bits per heavy atom. The highest BCUT2D eigenvalue weighted by molar-refractivity contribution is 5.86. The fraction of sp³-hybridized carbons (Fsp3) is 0.667. The molecule has 1 saturated heterocycles. The highest BCUT2D eigenvalue weighted by Crippen LogP contribution is 2.19. The number of carboxylic acid groups (broad SMARTS) is 1. The standard InChI is InChI=1S/C9H13N3O4/c13-5-6-2-1-3-12(6)4-7-8(9(14)15)11-16-10-7/h6,13H,1-5H2,(H,14,15). The molecular weight excluding hydrogens is 214 g/mol. The number of aromatic nitrogens is 2. The van der Waals surface area contributed by atoms with Crippen LogP contribution in [0.1, 0.15) is 29.0 Å². The Labute approximate surface area is 91.6 Å². The second kappa shape index (κ2) is 4.58. The van der Waals surface area contributed by atoms with Gasteiger partial charge in [-0.15, -0.1) is 0 Å². The molecule has 2 N–H and O–H groups in total. The molecule has 88 valence electrons. The molecule has 1 fully saturated rings. The Kier molecular flexibility index (Phi) is 3.16. The number of rotatable bonds is 4. The zero-order valence-electron chi connectivity index (χ0n) is 8.67. The predicted octanol–water partition coefficient (Wildman–Crippen LogP) is -0.275. The zero-order chi connectivity index (χ0) is 11.5. The minimum absolute atomic E-state index is 0.0771. The van der Waals surface area contributed by atoms with Crippen molar-refractivity contribution in [2.75, 3.05) is 13.2 Å². The first-order valence-corrected chi connectivity index (χ1v) is 5.12. The summed E-state index contributed by atoms with van der Waals surface area (Å²) in [4.78, 5) is 12.8. The molecule has 0 bridgehead atoms. The maximum absolute atomic E-state index is 10.8. The second-order valence-electron chi connectivity index (χ2n) is 3.81. The molecule has 2 heterocycles. The van der Waals surface area contributed by atoms with Crippen molar-refractivity contribution in [3.8, 4) is 0 Å². The summed E-state index contributed by atoms with van der Waals surface area (Å²) in [5.41, 5.74) is 0.163. The van der Waals surface area contributed by atoms with E-state index in [9.17, 15) is 4.79 Å². The lowest BCUT2D eigenvalue weighted by molar-refractivity contribution is 0.0682. The average molecular weight is 227 g/mol. The number of nitrogens with zero attached hydrogens (tertiary/aromatic N) is 3. The highest BCUT2D eigenvalue weighted by Gasteiger charge is 2.27. The predicted molar refractivity (Wildman–Crippen MR) is 51.8 cm³/mol. The van der Waals surface area contributed by atoms with Crippen LogP contribution in [0.15, 0.2) is 4.63 Å². The van der Waals surface area contributed by atoms with Gasteiger partial charge in [-0.2, -0.15) is 0 Å². The normalized spacial score (nSPS) is 21.4. The van der Waals surface area contributed by atoms with Crippen molar-refractivity contribution in [3.05, 3.63) is 11.4 Å². The van der Waals surface area contributed by atoms with Gasteiger partial charge in [0.1, 0.15) is 5.69 Å². The van der Waals surface area contributed by atoms with E-state index in [0.717, 1.165) is 19.4 Å². The van der Waals surface area contributed by atoms with Crippen LogP contribution in [-0.4, -0.2) is 50.6 Å². The van der Waals surface area contributed by atoms with E-state index in [2.05, 4.69) is 14.9 Å². The molecule has 16 heavy (non-hydrogen) atoms. The van der Waals surface area contributed by atoms with Gasteiger partial charge in [0.05, 0.1) is 6.61 Å². The summed E-state index contributed by atoms with van der Waals surface area (Å²) in [6, 6.07) is 0.0818. The summed E-state index contributed by atoms with van der Waals surface area (Å²) in [6.45, 7) is 1.27. The number of likely N-dealkylation sites (tertiary alicyclic amines) is 1. The number of aliphatic hydroxyl groups is 1. The lowest BCUT2D eigenvalue weighted by atomic mass is 10.2. The number of carbonyl (C=O) groups is 1. The van der Waals surface area contributed by atoms with Crippen molar-refractivity contribution < 1.29 is 19.6 Å². The zero-order valence-corrected chi connectivity index (χ0v) is 8.67. The number of hydrogen-bond donors (Lipinski definition) is 2. The highest BCUT2D eigenvalue weighted by atomic mass is 16.6. The van der Waals surface area contributed by atoms with Crippen LogP contribution in [0, 0.1) is 0 Å². The van der Waals surface area contributed by atoms with Gasteiger partial charge in [0.2, 0.25) is 5.69 Å². The van der Waals surface area contributed by atoms with Crippen LogP contribution in [0.25, 0.3) is 0 Å². The molecule has 0 spiro atoms. The Morgan fingerprint density at radius 1 is 1.56 bits per heavy atom. The van der Waals surface area contributed by atoms with E-state index < -0.39 is 5.97 Å². The van der Waals surface area contributed by atoms with E-state index in [4.69, 9.17) is 10.2 Å². The molecule has 0 amide bonds. The number of aliphatic hydroxyl groups excluding tert-OH is 1. The van der Waals surface area contributed by atoms with Gasteiger partial charge in [-0.1, -0.05) is 5.16 Å². The molecule has 0 radical (unpaired) electrons. The quantitative estimate of drug-likeness (QED) is 0.729. The molecule has 0 aliphatic carbocycles. The van der Waals surface area contributed by atoms with E-state index in [0.29, 0.717) is 12.2 Å². The molecule has 7 heteroatoms. The Balaban J connectivity index is 2.08. The maximum Gasteiger partial charge on any atom is 0.360 e. The molecule has 1 atom stereocenters. The average Bonchev–Trinajstić information content (AvgIpc) is 2.86. The van der Waals surface area contributed by atoms with Gasteiger partial charge < -0.3 is 10.2 Å². The molecule has 0 aromatic carbocycles. The van der Waals surface area contributed by atoms with Crippen LogP contribution in [0.3, 0.4) is 0 Å². The summed E-state index contributed by atoms with van der Waals surface area (Å²) in [7, 11) is 0. The molecule has 1 aromatic heterocycles. The largest absolute Gasteiger partial charge is 0.476 e. The fourth-order valence-corrected chi connectivity index (χ4v) is 1.98. The summed E-state index contributed by atoms with van der Waals surface area (Å²) in [5, 5.41) is 24.9. The van der Waals surface area contributed by atoms with Gasteiger partial charge in [-0.05, 0) is 24.5 Å². The lowest BCUT2D eigenvalue weighted by Crippen LogP contribution is -2.32. The van der Waals surface area contributed by atoms with E-state index in [1.165, 1.54) is 0 Å². The van der Waals surface area contributed by atoms with E-state index in [1.54, 1.807) is 0 Å². The Hall–Kier alpha value is -1.47. The number of carboxylic acids is 1. The molecule has 1 aliphatic rings. The number of aromatic carboxylic acids is 1. The van der Waals surface area contributed by atoms with Crippen LogP contribution in [0.5, 0.6) is 0 Å². The van der Waals surface area contributed by atoms with Crippen LogP contribution >= 0.6 is 0 Å². The van der Waals surface area contributed by atoms with Crippen molar-refractivity contribution in [1.82, 2.24) is 15.2 Å². The van der Waals surface area contributed by atoms with Gasteiger partial charge >= 0.3 is 5.97 Å². The molecule has 0 saturated carbocycles. The third-order valence-electron chi connectivity index (χ3n) is 2.82. The fourth-order valence-electron chi connectivity index (χ4n) is 1.98. The third-order valence-corrected chi connectivity index (χ3v) is 2.82. The molecule has 2 rings (SSSR count). The van der Waals surface area contributed by atoms with Crippen molar-refractivity contribution in [2.24, 2.45) is 0 Å². The smallest absolute Gasteiger partial charge is 0.360 e. The van der Waals surface area contributed by atoms with E-state index in [-0.39, 0.29) is 18.3 Å². The van der Waals surface area contributed by atoms with Crippen LogP contribution in [-0.2, 0) is 6.54 Å². The van der Waals surface area contributed by atoms with E-state index in [1.807, 2.05) is 4.90 Å². The summed E-state index contributed by atoms with van der Waals surface area (Å²) < 4.78 is 4.42. The van der Waals surface area contributed by atoms with Crippen LogP contribution in [0.4, 0.5) is 0 Å². The number of hydrogen-bond acceptors (Lipinski definition) is 6. The Bertz CT molecular complexity index is 379. The molecule has 1 aliphatic heterocycles. The topological polar surface area (TPSA) is 99.7 Å². The first-order valence-electron chi connectivity index (χ1n) is 5.12. The van der Waals surface area contributed by atoms with Crippen molar-refractivity contribution in [2.45, 2.75) is 25.4 Å². The van der Waals surface area contributed by atoms with Gasteiger partial charge in [0, 0.05) is 12.6 Å². The maximum atomic E-state index is 10.8. The van der Waals surface area contributed by atoms with Crippen molar-refractivity contribution in [1.29, 1.82) is 0 Å². The van der Waals surface area contributed by atoms with Gasteiger partial charge in [0.25, 0.3) is 0 Å². The minimum Gasteiger partial charge on any atom is -0.476 e. The minimum atomic E-state index is -1.14. The SMILES string of the molecule is O=C(O)c1nonc1CN1CCCC1CO. The summed E-state index contributed by atoms with van der Waals surface area (Å²) in [6.07, 6.45) is 1.92. The van der Waals surface area contributed by atoms with Crippen LogP contribution in [0.2, 0.25) is 0 Å². The monoisotopic (exact) mass is 227 g/mol. The molecular formula is C9H13N3O4. The van der Waals surface area contributed by atoms with Gasteiger partial charge in [0.15, 0.2) is 0 Å². The molecule has 1 aromatic rings. The molecule has 7 nitrogen and oxygen atoms in total. The third kappa shape index (κ3) is 2.05. The first kappa shape index (κ1) is 11.0. The van der Waals surface area contributed by atoms with Crippen LogP contribution < -0.4 is 0 Å². The van der Waals surface area contributed by atoms with E-state index >= 15 is 0 Å². The van der Waals surface area contributed by atoms with Crippen molar-refractivity contribution in [3.63, 3.8) is 0 Å². The Morgan fingerprint density at radius 2 is 2.38 bits per heavy atom. The first-order chi connectivity index (χ1) is 7.72. The second-order valence-corrected chi connectivity index (χ2v) is 3.81. The van der Waals surface area contributed by atoms with Gasteiger partial charge in [-0.3, -0.25) is 4.90 Å². The summed E-state index contributed by atoms with van der Waals surface area (Å²) in [5.74, 6) is -1.14. The van der Waals surface area contributed by atoms with Crippen molar-refractivity contribution >= 4 is 5.97 Å². The van der Waals surface area contributed by atoms with Gasteiger partial charge in [-0.25, -0.2) is 9.42 Å². The summed E-state index contributed by atoms with van der Waals surface area (Å²) >= 11 is 0.